The van der Waals surface area contributed by atoms with Crippen molar-refractivity contribution in [3.05, 3.63) is 23.8 Å². The van der Waals surface area contributed by atoms with Crippen molar-refractivity contribution >= 4 is 5.91 Å². The number of rotatable bonds is 6. The second-order valence-corrected chi connectivity index (χ2v) is 6.57. The molecular formula is C18H26N2O3. The monoisotopic (exact) mass is 318 g/mol. The molecule has 0 atom stereocenters. The molecule has 3 rings (SSSR count). The van der Waals surface area contributed by atoms with Crippen molar-refractivity contribution in [1.82, 2.24) is 10.2 Å². The third-order valence-electron chi connectivity index (χ3n) is 4.79. The Labute approximate surface area is 137 Å². The highest BCUT2D eigenvalue weighted by Crippen LogP contribution is 2.32. The molecular weight excluding hydrogens is 292 g/mol. The minimum absolute atomic E-state index is 0.135. The van der Waals surface area contributed by atoms with Crippen LogP contribution in [0.4, 0.5) is 0 Å². The van der Waals surface area contributed by atoms with E-state index in [4.69, 9.17) is 9.47 Å². The van der Waals surface area contributed by atoms with Crippen LogP contribution in [0, 0.1) is 5.92 Å². The summed E-state index contributed by atoms with van der Waals surface area (Å²) in [7, 11) is 2.17. The lowest BCUT2D eigenvalue weighted by Crippen LogP contribution is -2.32. The van der Waals surface area contributed by atoms with Crippen LogP contribution in [0.5, 0.6) is 11.5 Å². The third kappa shape index (κ3) is 4.61. The van der Waals surface area contributed by atoms with Crippen molar-refractivity contribution in [2.24, 2.45) is 5.92 Å². The van der Waals surface area contributed by atoms with E-state index >= 15 is 0 Å². The van der Waals surface area contributed by atoms with E-state index < -0.39 is 0 Å². The van der Waals surface area contributed by atoms with E-state index in [2.05, 4.69) is 17.3 Å². The van der Waals surface area contributed by atoms with Gasteiger partial charge in [-0.3, -0.25) is 4.79 Å². The van der Waals surface area contributed by atoms with Gasteiger partial charge in [-0.2, -0.15) is 0 Å². The van der Waals surface area contributed by atoms with Crippen LogP contribution in [0.15, 0.2) is 18.2 Å². The number of aryl methyl sites for hydroxylation is 1. The quantitative estimate of drug-likeness (QED) is 0.873. The van der Waals surface area contributed by atoms with Gasteiger partial charge in [0.1, 0.15) is 0 Å². The van der Waals surface area contributed by atoms with Gasteiger partial charge in [0.2, 0.25) is 12.7 Å². The van der Waals surface area contributed by atoms with Crippen molar-refractivity contribution in [2.45, 2.75) is 32.1 Å². The van der Waals surface area contributed by atoms with Gasteiger partial charge >= 0.3 is 0 Å². The molecule has 2 heterocycles. The minimum Gasteiger partial charge on any atom is -0.454 e. The first-order valence-electron chi connectivity index (χ1n) is 8.54. The van der Waals surface area contributed by atoms with Crippen LogP contribution >= 0.6 is 0 Å². The molecule has 1 fully saturated rings. The number of likely N-dealkylation sites (tertiary alicyclic amines) is 1. The summed E-state index contributed by atoms with van der Waals surface area (Å²) in [5.41, 5.74) is 1.11. The van der Waals surface area contributed by atoms with Crippen molar-refractivity contribution in [1.29, 1.82) is 0 Å². The predicted octanol–water partition coefficient (Wildman–Crippen LogP) is 2.20. The number of fused-ring (bicyclic) bond motifs is 1. The average Bonchev–Trinajstić information content (AvgIpc) is 3.02. The van der Waals surface area contributed by atoms with Gasteiger partial charge in [-0.05, 0) is 69.4 Å². The van der Waals surface area contributed by atoms with Crippen molar-refractivity contribution in [3.63, 3.8) is 0 Å². The third-order valence-corrected chi connectivity index (χ3v) is 4.79. The van der Waals surface area contributed by atoms with E-state index in [-0.39, 0.29) is 12.7 Å². The Morgan fingerprint density at radius 3 is 2.87 bits per heavy atom. The number of amides is 1. The van der Waals surface area contributed by atoms with E-state index in [1.54, 1.807) is 0 Å². The number of nitrogens with one attached hydrogen (secondary N) is 1. The van der Waals surface area contributed by atoms with Crippen molar-refractivity contribution in [3.8, 4) is 11.5 Å². The molecule has 5 heteroatoms. The molecule has 0 unspecified atom stereocenters. The normalized spacial score (nSPS) is 18.1. The van der Waals surface area contributed by atoms with E-state index in [0.717, 1.165) is 42.4 Å². The molecule has 0 saturated carbocycles. The first-order chi connectivity index (χ1) is 11.2. The number of hydrogen-bond acceptors (Lipinski definition) is 4. The number of hydrogen-bond donors (Lipinski definition) is 1. The Morgan fingerprint density at radius 1 is 1.26 bits per heavy atom. The lowest BCUT2D eigenvalue weighted by Gasteiger charge is -2.28. The van der Waals surface area contributed by atoms with E-state index in [0.29, 0.717) is 6.42 Å². The maximum atomic E-state index is 12.0. The molecule has 1 saturated heterocycles. The van der Waals surface area contributed by atoms with Crippen LogP contribution < -0.4 is 14.8 Å². The van der Waals surface area contributed by atoms with Crippen LogP contribution in [-0.4, -0.2) is 44.3 Å². The van der Waals surface area contributed by atoms with Gasteiger partial charge in [-0.25, -0.2) is 0 Å². The predicted molar refractivity (Wildman–Crippen MR) is 88.7 cm³/mol. The molecule has 0 aromatic heterocycles. The van der Waals surface area contributed by atoms with Crippen molar-refractivity contribution in [2.75, 3.05) is 33.5 Å². The summed E-state index contributed by atoms with van der Waals surface area (Å²) in [6.45, 7) is 3.45. The number of benzene rings is 1. The zero-order chi connectivity index (χ0) is 16.1. The fourth-order valence-electron chi connectivity index (χ4n) is 3.21. The van der Waals surface area contributed by atoms with Crippen LogP contribution in [0.1, 0.15) is 31.2 Å². The number of nitrogens with zero attached hydrogens (tertiary/aromatic N) is 1. The summed E-state index contributed by atoms with van der Waals surface area (Å²) in [5, 5.41) is 3.06. The molecule has 0 radical (unpaired) electrons. The van der Waals surface area contributed by atoms with Crippen LogP contribution in [0.3, 0.4) is 0 Å². The van der Waals surface area contributed by atoms with Crippen LogP contribution in [-0.2, 0) is 11.2 Å². The molecule has 126 valence electrons. The van der Waals surface area contributed by atoms with Gasteiger partial charge in [0.15, 0.2) is 11.5 Å². The molecule has 2 aliphatic heterocycles. The highest BCUT2D eigenvalue weighted by molar-refractivity contribution is 5.76. The zero-order valence-electron chi connectivity index (χ0n) is 13.8. The Hall–Kier alpha value is -1.75. The zero-order valence-corrected chi connectivity index (χ0v) is 13.8. The largest absolute Gasteiger partial charge is 0.454 e. The maximum absolute atomic E-state index is 12.0. The Kier molecular flexibility index (Phi) is 5.39. The standard InChI is InChI=1S/C18H26N2O3/c1-20-10-7-14(8-11-20)6-9-19-18(21)5-3-15-2-4-16-17(12-15)23-13-22-16/h2,4,12,14H,3,5-11,13H2,1H3,(H,19,21). The summed E-state index contributed by atoms with van der Waals surface area (Å²) in [5.74, 6) is 2.47. The molecule has 1 aromatic carbocycles. The minimum atomic E-state index is 0.135. The maximum Gasteiger partial charge on any atom is 0.231 e. The fourth-order valence-corrected chi connectivity index (χ4v) is 3.21. The topological polar surface area (TPSA) is 50.8 Å². The lowest BCUT2D eigenvalue weighted by atomic mass is 9.94. The molecule has 0 bridgehead atoms. The number of carbonyl (C=O) groups excluding carboxylic acids is 1. The lowest BCUT2D eigenvalue weighted by molar-refractivity contribution is -0.121. The highest BCUT2D eigenvalue weighted by Gasteiger charge is 2.16. The summed E-state index contributed by atoms with van der Waals surface area (Å²) in [6.07, 6.45) is 4.86. The van der Waals surface area contributed by atoms with Crippen LogP contribution in [0.2, 0.25) is 0 Å². The van der Waals surface area contributed by atoms with Gasteiger partial charge < -0.3 is 19.7 Å². The molecule has 1 N–H and O–H groups in total. The number of ether oxygens (including phenoxy) is 2. The molecule has 2 aliphatic rings. The van der Waals surface area contributed by atoms with Gasteiger partial charge in [-0.1, -0.05) is 6.07 Å². The summed E-state index contributed by atoms with van der Waals surface area (Å²) in [6, 6.07) is 5.88. The molecule has 5 nitrogen and oxygen atoms in total. The molecule has 1 aromatic rings. The first kappa shape index (κ1) is 16.1. The van der Waals surface area contributed by atoms with E-state index in [9.17, 15) is 4.79 Å². The summed E-state index contributed by atoms with van der Waals surface area (Å²) < 4.78 is 10.7. The van der Waals surface area contributed by atoms with Crippen molar-refractivity contribution < 1.29 is 14.3 Å². The fraction of sp³-hybridized carbons (Fsp3) is 0.611. The smallest absolute Gasteiger partial charge is 0.231 e. The Balaban J connectivity index is 1.33. The number of piperidine rings is 1. The number of carbonyl (C=O) groups is 1. The summed E-state index contributed by atoms with van der Waals surface area (Å²) in [4.78, 5) is 14.3. The molecule has 0 aliphatic carbocycles. The molecule has 1 amide bonds. The Bertz CT molecular complexity index is 539. The first-order valence-corrected chi connectivity index (χ1v) is 8.54. The van der Waals surface area contributed by atoms with Gasteiger partial charge in [0.25, 0.3) is 0 Å². The second-order valence-electron chi connectivity index (χ2n) is 6.57. The van der Waals surface area contributed by atoms with E-state index in [1.165, 1.54) is 25.9 Å². The van der Waals surface area contributed by atoms with E-state index in [1.807, 2.05) is 18.2 Å². The second kappa shape index (κ2) is 7.68. The molecule has 0 spiro atoms. The van der Waals surface area contributed by atoms with Gasteiger partial charge in [0, 0.05) is 13.0 Å². The van der Waals surface area contributed by atoms with Gasteiger partial charge in [0.05, 0.1) is 0 Å². The summed E-state index contributed by atoms with van der Waals surface area (Å²) >= 11 is 0. The SMILES string of the molecule is CN1CCC(CCNC(=O)CCc2ccc3c(c2)OCO3)CC1. The highest BCUT2D eigenvalue weighted by atomic mass is 16.7. The Morgan fingerprint density at radius 2 is 2.04 bits per heavy atom. The van der Waals surface area contributed by atoms with Gasteiger partial charge in [-0.15, -0.1) is 0 Å². The average molecular weight is 318 g/mol. The molecule has 23 heavy (non-hydrogen) atoms. The van der Waals surface area contributed by atoms with Crippen LogP contribution in [0.25, 0.3) is 0 Å².